The quantitative estimate of drug-likeness (QED) is 0.855. The Balaban J connectivity index is 1.71. The van der Waals surface area contributed by atoms with Crippen molar-refractivity contribution >= 4 is 11.8 Å². The van der Waals surface area contributed by atoms with Gasteiger partial charge in [-0.25, -0.2) is 4.79 Å². The molecule has 2 heterocycles. The maximum absolute atomic E-state index is 12.5. The molecule has 0 saturated heterocycles. The molecule has 0 aliphatic carbocycles. The van der Waals surface area contributed by atoms with Gasteiger partial charge in [0.2, 0.25) is 0 Å². The molecule has 1 aromatic carbocycles. The second-order valence-corrected chi connectivity index (χ2v) is 5.61. The first-order valence-electron chi connectivity index (χ1n) is 7.85. The van der Waals surface area contributed by atoms with Crippen LogP contribution in [0.1, 0.15) is 29.7 Å². The van der Waals surface area contributed by atoms with Crippen LogP contribution < -0.4 is 0 Å². The van der Waals surface area contributed by atoms with Gasteiger partial charge in [-0.2, -0.15) is 0 Å². The number of nitrogens with zero attached hydrogens (tertiary/aromatic N) is 2. The Labute approximate surface area is 136 Å². The highest BCUT2D eigenvalue weighted by Crippen LogP contribution is 2.25. The second kappa shape index (κ2) is 7.09. The molecule has 0 N–H and O–H groups in total. The summed E-state index contributed by atoms with van der Waals surface area (Å²) in [6, 6.07) is 13.7. The van der Waals surface area contributed by atoms with Gasteiger partial charge >= 0.3 is 6.09 Å². The van der Waals surface area contributed by atoms with E-state index >= 15 is 0 Å². The van der Waals surface area contributed by atoms with Gasteiger partial charge in [-0.15, -0.1) is 0 Å². The fourth-order valence-electron chi connectivity index (χ4n) is 2.60. The lowest BCUT2D eigenvalue weighted by atomic mass is 10.1. The number of benzene rings is 1. The largest absolute Gasteiger partial charge is 0.444 e. The Morgan fingerprint density at radius 3 is 2.78 bits per heavy atom. The van der Waals surface area contributed by atoms with Gasteiger partial charge in [-0.1, -0.05) is 36.4 Å². The van der Waals surface area contributed by atoms with Gasteiger partial charge in [0, 0.05) is 24.0 Å². The zero-order valence-corrected chi connectivity index (χ0v) is 13.2. The van der Waals surface area contributed by atoms with Crippen LogP contribution in [0.25, 0.3) is 5.70 Å². The predicted octanol–water partition coefficient (Wildman–Crippen LogP) is 4.16. The van der Waals surface area contributed by atoms with Gasteiger partial charge in [0.15, 0.2) is 0 Å². The van der Waals surface area contributed by atoms with Gasteiger partial charge in [0.1, 0.15) is 6.61 Å². The molecule has 0 saturated carbocycles. The van der Waals surface area contributed by atoms with Crippen molar-refractivity contribution in [2.24, 2.45) is 0 Å². The smallest absolute Gasteiger partial charge is 0.414 e. The SMILES string of the molecule is Cc1ccc(C2=CCCCN2C(=O)OCc2ccccc2)cn1. The van der Waals surface area contributed by atoms with Crippen molar-refractivity contribution in [2.45, 2.75) is 26.4 Å². The van der Waals surface area contributed by atoms with Gasteiger partial charge in [0.05, 0.1) is 5.70 Å². The van der Waals surface area contributed by atoms with Gasteiger partial charge in [-0.05, 0) is 37.5 Å². The summed E-state index contributed by atoms with van der Waals surface area (Å²) < 4.78 is 5.47. The van der Waals surface area contributed by atoms with E-state index in [4.69, 9.17) is 4.74 Å². The number of amides is 1. The molecular weight excluding hydrogens is 288 g/mol. The van der Waals surface area contributed by atoms with E-state index in [9.17, 15) is 4.79 Å². The monoisotopic (exact) mass is 308 g/mol. The molecule has 0 spiro atoms. The number of hydrogen-bond acceptors (Lipinski definition) is 3. The van der Waals surface area contributed by atoms with Crippen molar-refractivity contribution in [1.29, 1.82) is 0 Å². The summed E-state index contributed by atoms with van der Waals surface area (Å²) in [5.41, 5.74) is 3.79. The highest BCUT2D eigenvalue weighted by atomic mass is 16.6. The van der Waals surface area contributed by atoms with Crippen molar-refractivity contribution in [3.8, 4) is 0 Å². The number of hydrogen-bond donors (Lipinski definition) is 0. The number of ether oxygens (including phenoxy) is 1. The number of aryl methyl sites for hydroxylation is 1. The number of carbonyl (C=O) groups is 1. The van der Waals surface area contributed by atoms with E-state index < -0.39 is 0 Å². The first kappa shape index (κ1) is 15.3. The third kappa shape index (κ3) is 3.77. The van der Waals surface area contributed by atoms with E-state index in [0.29, 0.717) is 6.54 Å². The van der Waals surface area contributed by atoms with E-state index in [1.807, 2.05) is 55.6 Å². The molecule has 4 heteroatoms. The molecule has 4 nitrogen and oxygen atoms in total. The maximum atomic E-state index is 12.5. The van der Waals surface area contributed by atoms with Crippen molar-refractivity contribution in [3.05, 3.63) is 71.6 Å². The lowest BCUT2D eigenvalue weighted by Gasteiger charge is -2.28. The van der Waals surface area contributed by atoms with Crippen LogP contribution in [0.15, 0.2) is 54.7 Å². The van der Waals surface area contributed by atoms with E-state index in [0.717, 1.165) is 35.4 Å². The van der Waals surface area contributed by atoms with Crippen LogP contribution in [-0.4, -0.2) is 22.5 Å². The molecule has 118 valence electrons. The van der Waals surface area contributed by atoms with Crippen molar-refractivity contribution in [2.75, 3.05) is 6.54 Å². The van der Waals surface area contributed by atoms with E-state index in [1.165, 1.54) is 0 Å². The molecule has 0 unspecified atom stereocenters. The van der Waals surface area contributed by atoms with Crippen LogP contribution in [0.3, 0.4) is 0 Å². The second-order valence-electron chi connectivity index (χ2n) is 5.61. The molecule has 0 radical (unpaired) electrons. The number of allylic oxidation sites excluding steroid dienone is 1. The summed E-state index contributed by atoms with van der Waals surface area (Å²) >= 11 is 0. The summed E-state index contributed by atoms with van der Waals surface area (Å²) in [6.07, 6.45) is 5.50. The maximum Gasteiger partial charge on any atom is 0.414 e. The van der Waals surface area contributed by atoms with Crippen LogP contribution in [-0.2, 0) is 11.3 Å². The molecule has 3 rings (SSSR count). The molecule has 1 amide bonds. The minimum atomic E-state index is -0.305. The molecule has 2 aromatic rings. The Morgan fingerprint density at radius 2 is 2.04 bits per heavy atom. The predicted molar refractivity (Wildman–Crippen MR) is 89.5 cm³/mol. The Bertz CT molecular complexity index is 693. The fraction of sp³-hybridized carbons (Fsp3) is 0.263. The van der Waals surface area contributed by atoms with Crippen molar-refractivity contribution < 1.29 is 9.53 Å². The van der Waals surface area contributed by atoms with Crippen LogP contribution in [0, 0.1) is 6.92 Å². The minimum absolute atomic E-state index is 0.287. The molecular formula is C19H20N2O2. The third-order valence-electron chi connectivity index (χ3n) is 3.85. The highest BCUT2D eigenvalue weighted by molar-refractivity contribution is 5.82. The van der Waals surface area contributed by atoms with Gasteiger partial charge in [0.25, 0.3) is 0 Å². The normalized spacial score (nSPS) is 14.3. The Kier molecular flexibility index (Phi) is 4.71. The molecule has 23 heavy (non-hydrogen) atoms. The summed E-state index contributed by atoms with van der Waals surface area (Å²) in [5.74, 6) is 0. The van der Waals surface area contributed by atoms with Gasteiger partial charge < -0.3 is 4.74 Å². The average molecular weight is 308 g/mol. The van der Waals surface area contributed by atoms with E-state index in [-0.39, 0.29) is 12.7 Å². The van der Waals surface area contributed by atoms with Crippen LogP contribution in [0.2, 0.25) is 0 Å². The minimum Gasteiger partial charge on any atom is -0.444 e. The standard InChI is InChI=1S/C19H20N2O2/c1-15-10-11-17(13-20-15)18-9-5-6-12-21(18)19(22)23-14-16-7-3-2-4-8-16/h2-4,7-11,13H,5-6,12,14H2,1H3. The number of pyridine rings is 1. The summed E-state index contributed by atoms with van der Waals surface area (Å²) in [7, 11) is 0. The van der Waals surface area contributed by atoms with Crippen LogP contribution in [0.5, 0.6) is 0 Å². The molecule has 0 atom stereocenters. The first-order chi connectivity index (χ1) is 11.2. The lowest BCUT2D eigenvalue weighted by Crippen LogP contribution is -2.33. The van der Waals surface area contributed by atoms with Crippen LogP contribution in [0.4, 0.5) is 4.79 Å². The Hall–Kier alpha value is -2.62. The molecule has 0 bridgehead atoms. The van der Waals surface area contributed by atoms with E-state index in [2.05, 4.69) is 11.1 Å². The zero-order valence-electron chi connectivity index (χ0n) is 13.2. The Morgan fingerprint density at radius 1 is 1.22 bits per heavy atom. The molecule has 1 aromatic heterocycles. The van der Waals surface area contributed by atoms with Crippen molar-refractivity contribution in [3.63, 3.8) is 0 Å². The molecule has 0 fully saturated rings. The lowest BCUT2D eigenvalue weighted by molar-refractivity contribution is 0.112. The first-order valence-corrected chi connectivity index (χ1v) is 7.85. The molecule has 1 aliphatic rings. The highest BCUT2D eigenvalue weighted by Gasteiger charge is 2.23. The molecule has 1 aliphatic heterocycles. The number of rotatable bonds is 3. The summed E-state index contributed by atoms with van der Waals surface area (Å²) in [5, 5.41) is 0. The van der Waals surface area contributed by atoms with Crippen LogP contribution >= 0.6 is 0 Å². The summed E-state index contributed by atoms with van der Waals surface area (Å²) in [6.45, 7) is 2.91. The topological polar surface area (TPSA) is 42.4 Å². The number of carbonyl (C=O) groups excluding carboxylic acids is 1. The van der Waals surface area contributed by atoms with E-state index in [1.54, 1.807) is 4.90 Å². The summed E-state index contributed by atoms with van der Waals surface area (Å²) in [4.78, 5) is 18.5. The van der Waals surface area contributed by atoms with Gasteiger partial charge in [-0.3, -0.25) is 9.88 Å². The third-order valence-corrected chi connectivity index (χ3v) is 3.85. The number of aromatic nitrogens is 1. The average Bonchev–Trinajstić information content (AvgIpc) is 2.61. The zero-order chi connectivity index (χ0) is 16.1. The fourth-order valence-corrected chi connectivity index (χ4v) is 2.60. The van der Waals surface area contributed by atoms with Crippen molar-refractivity contribution in [1.82, 2.24) is 9.88 Å².